The highest BCUT2D eigenvalue weighted by atomic mass is 19.1. The Morgan fingerprint density at radius 1 is 1.00 bits per heavy atom. The zero-order chi connectivity index (χ0) is 20.1. The first kappa shape index (κ1) is 19.7. The minimum absolute atomic E-state index is 0.0493. The van der Waals surface area contributed by atoms with Gasteiger partial charge in [0, 0.05) is 37.7 Å². The van der Waals surface area contributed by atoms with E-state index in [0.717, 1.165) is 12.8 Å². The fraction of sp³-hybridized carbons (Fsp3) is 0.318. The molecule has 1 saturated heterocycles. The number of nitrogens with one attached hydrogen (secondary N) is 1. The van der Waals surface area contributed by atoms with Gasteiger partial charge < -0.3 is 10.2 Å². The van der Waals surface area contributed by atoms with Crippen molar-refractivity contribution in [2.75, 3.05) is 19.6 Å². The number of hydrogen-bond acceptors (Lipinski definition) is 3. The standard InChI is InChI=1S/C22H23FN2O3/c1-15(26)24-14-16-10-12-25(13-11-16)22(28)20-5-3-2-4-19(20)21(27)17-6-8-18(23)9-7-17/h2-9,16H,10-14H2,1H3,(H,24,26). The van der Waals surface area contributed by atoms with Crippen molar-refractivity contribution in [2.45, 2.75) is 19.8 Å². The molecule has 0 unspecified atom stereocenters. The molecule has 0 aliphatic carbocycles. The number of amides is 2. The Kier molecular flexibility index (Phi) is 6.19. The van der Waals surface area contributed by atoms with Gasteiger partial charge in [0.05, 0.1) is 5.56 Å². The van der Waals surface area contributed by atoms with E-state index >= 15 is 0 Å². The fourth-order valence-electron chi connectivity index (χ4n) is 3.42. The number of rotatable bonds is 5. The molecular formula is C22H23FN2O3. The van der Waals surface area contributed by atoms with Gasteiger partial charge in [-0.15, -0.1) is 0 Å². The Bertz CT molecular complexity index is 872. The number of carbonyl (C=O) groups excluding carboxylic acids is 3. The topological polar surface area (TPSA) is 66.5 Å². The van der Waals surface area contributed by atoms with Gasteiger partial charge in [0.2, 0.25) is 5.91 Å². The molecule has 0 aromatic heterocycles. The smallest absolute Gasteiger partial charge is 0.254 e. The Hall–Kier alpha value is -3.02. The van der Waals surface area contributed by atoms with Crippen molar-refractivity contribution in [3.63, 3.8) is 0 Å². The van der Waals surface area contributed by atoms with Crippen LogP contribution in [-0.2, 0) is 4.79 Å². The second kappa shape index (κ2) is 8.78. The largest absolute Gasteiger partial charge is 0.356 e. The maximum atomic E-state index is 13.1. The van der Waals surface area contributed by atoms with E-state index in [1.165, 1.54) is 31.2 Å². The van der Waals surface area contributed by atoms with Crippen molar-refractivity contribution in [1.82, 2.24) is 10.2 Å². The Morgan fingerprint density at radius 3 is 2.21 bits per heavy atom. The number of ketones is 1. The SMILES string of the molecule is CC(=O)NCC1CCN(C(=O)c2ccccc2C(=O)c2ccc(F)cc2)CC1. The Morgan fingerprint density at radius 2 is 1.61 bits per heavy atom. The molecule has 0 spiro atoms. The molecule has 3 rings (SSSR count). The van der Waals surface area contributed by atoms with Crippen LogP contribution in [0, 0.1) is 11.7 Å². The average Bonchev–Trinajstić information content (AvgIpc) is 2.72. The van der Waals surface area contributed by atoms with Gasteiger partial charge in [-0.2, -0.15) is 0 Å². The minimum atomic E-state index is -0.414. The maximum Gasteiger partial charge on any atom is 0.254 e. The molecule has 6 heteroatoms. The summed E-state index contributed by atoms with van der Waals surface area (Å²) in [5, 5.41) is 2.82. The molecule has 2 aromatic rings. The normalized spacial score (nSPS) is 14.6. The summed E-state index contributed by atoms with van der Waals surface area (Å²) in [4.78, 5) is 38.7. The summed E-state index contributed by atoms with van der Waals surface area (Å²) >= 11 is 0. The summed E-state index contributed by atoms with van der Waals surface area (Å²) in [6.07, 6.45) is 1.61. The quantitative estimate of drug-likeness (QED) is 0.809. The summed E-state index contributed by atoms with van der Waals surface area (Å²) in [5.41, 5.74) is 1.02. The van der Waals surface area contributed by atoms with Crippen LogP contribution in [0.5, 0.6) is 0 Å². The molecule has 1 fully saturated rings. The van der Waals surface area contributed by atoms with Crippen LogP contribution in [0.3, 0.4) is 0 Å². The molecule has 0 atom stereocenters. The molecule has 2 amide bonds. The van der Waals surface area contributed by atoms with Crippen LogP contribution in [0.2, 0.25) is 0 Å². The molecule has 2 aromatic carbocycles. The van der Waals surface area contributed by atoms with Crippen molar-refractivity contribution in [3.05, 3.63) is 71.0 Å². The van der Waals surface area contributed by atoms with E-state index in [9.17, 15) is 18.8 Å². The van der Waals surface area contributed by atoms with Gasteiger partial charge in [-0.1, -0.05) is 18.2 Å². The number of halogens is 1. The number of carbonyl (C=O) groups is 3. The maximum absolute atomic E-state index is 13.1. The molecule has 0 radical (unpaired) electrons. The van der Waals surface area contributed by atoms with E-state index in [1.54, 1.807) is 29.2 Å². The van der Waals surface area contributed by atoms with Crippen LogP contribution in [0.4, 0.5) is 4.39 Å². The van der Waals surface area contributed by atoms with Crippen molar-refractivity contribution in [1.29, 1.82) is 0 Å². The molecular weight excluding hydrogens is 359 g/mol. The Balaban J connectivity index is 1.72. The molecule has 1 aliphatic rings. The lowest BCUT2D eigenvalue weighted by molar-refractivity contribution is -0.119. The van der Waals surface area contributed by atoms with E-state index in [0.29, 0.717) is 42.2 Å². The van der Waals surface area contributed by atoms with Crippen LogP contribution in [0.25, 0.3) is 0 Å². The number of benzene rings is 2. The van der Waals surface area contributed by atoms with Crippen LogP contribution >= 0.6 is 0 Å². The summed E-state index contributed by atoms with van der Waals surface area (Å²) in [6, 6.07) is 12.0. The lowest BCUT2D eigenvalue weighted by atomic mass is 9.94. The van der Waals surface area contributed by atoms with Gasteiger partial charge in [-0.3, -0.25) is 14.4 Å². The highest BCUT2D eigenvalue weighted by molar-refractivity contribution is 6.15. The van der Waals surface area contributed by atoms with E-state index < -0.39 is 5.82 Å². The van der Waals surface area contributed by atoms with Gasteiger partial charge in [0.25, 0.3) is 5.91 Å². The van der Waals surface area contributed by atoms with Crippen LogP contribution in [0.1, 0.15) is 46.0 Å². The van der Waals surface area contributed by atoms with Gasteiger partial charge in [-0.25, -0.2) is 4.39 Å². The van der Waals surface area contributed by atoms with Crippen LogP contribution in [0.15, 0.2) is 48.5 Å². The van der Waals surface area contributed by atoms with Crippen LogP contribution in [-0.4, -0.2) is 42.1 Å². The van der Waals surface area contributed by atoms with Crippen molar-refractivity contribution in [3.8, 4) is 0 Å². The molecule has 1 heterocycles. The number of nitrogens with zero attached hydrogens (tertiary/aromatic N) is 1. The number of likely N-dealkylation sites (tertiary alicyclic amines) is 1. The minimum Gasteiger partial charge on any atom is -0.356 e. The van der Waals surface area contributed by atoms with Gasteiger partial charge in [0.15, 0.2) is 5.78 Å². The highest BCUT2D eigenvalue weighted by Gasteiger charge is 2.26. The number of piperidine rings is 1. The summed E-state index contributed by atoms with van der Waals surface area (Å²) in [7, 11) is 0. The summed E-state index contributed by atoms with van der Waals surface area (Å²) in [6.45, 7) is 3.29. The average molecular weight is 382 g/mol. The lowest BCUT2D eigenvalue weighted by Gasteiger charge is -2.32. The molecule has 5 nitrogen and oxygen atoms in total. The van der Waals surface area contributed by atoms with Crippen molar-refractivity contribution >= 4 is 17.6 Å². The van der Waals surface area contributed by atoms with Gasteiger partial charge >= 0.3 is 0 Å². The molecule has 1 N–H and O–H groups in total. The zero-order valence-corrected chi connectivity index (χ0v) is 15.8. The van der Waals surface area contributed by atoms with Crippen molar-refractivity contribution in [2.24, 2.45) is 5.92 Å². The van der Waals surface area contributed by atoms with E-state index in [1.807, 2.05) is 0 Å². The predicted molar refractivity (Wildman–Crippen MR) is 104 cm³/mol. The number of hydrogen-bond donors (Lipinski definition) is 1. The fourth-order valence-corrected chi connectivity index (χ4v) is 3.42. The highest BCUT2D eigenvalue weighted by Crippen LogP contribution is 2.21. The van der Waals surface area contributed by atoms with E-state index in [-0.39, 0.29) is 17.6 Å². The third-order valence-electron chi connectivity index (χ3n) is 5.05. The van der Waals surface area contributed by atoms with E-state index in [2.05, 4.69) is 5.32 Å². The first-order chi connectivity index (χ1) is 13.5. The van der Waals surface area contributed by atoms with Gasteiger partial charge in [0.1, 0.15) is 5.82 Å². The lowest BCUT2D eigenvalue weighted by Crippen LogP contribution is -2.41. The predicted octanol–water partition coefficient (Wildman–Crippen LogP) is 3.05. The summed E-state index contributed by atoms with van der Waals surface area (Å²) in [5.74, 6) is -0.590. The second-order valence-corrected chi connectivity index (χ2v) is 7.05. The third kappa shape index (κ3) is 4.63. The Labute approximate surface area is 163 Å². The molecule has 0 bridgehead atoms. The van der Waals surface area contributed by atoms with E-state index in [4.69, 9.17) is 0 Å². The zero-order valence-electron chi connectivity index (χ0n) is 15.8. The monoisotopic (exact) mass is 382 g/mol. The first-order valence-corrected chi connectivity index (χ1v) is 9.38. The van der Waals surface area contributed by atoms with Crippen molar-refractivity contribution < 1.29 is 18.8 Å². The summed E-state index contributed by atoms with van der Waals surface area (Å²) < 4.78 is 13.1. The van der Waals surface area contributed by atoms with Crippen LogP contribution < -0.4 is 5.32 Å². The second-order valence-electron chi connectivity index (χ2n) is 7.05. The first-order valence-electron chi connectivity index (χ1n) is 9.38. The van der Waals surface area contributed by atoms with Gasteiger partial charge in [-0.05, 0) is 49.1 Å². The molecule has 146 valence electrons. The molecule has 1 aliphatic heterocycles. The molecule has 0 saturated carbocycles. The molecule has 28 heavy (non-hydrogen) atoms. The third-order valence-corrected chi connectivity index (χ3v) is 5.05.